The molecular weight excluding hydrogens is 184 g/mol. The second kappa shape index (κ2) is 3.49. The summed E-state index contributed by atoms with van der Waals surface area (Å²) in [5.74, 6) is -0.595. The molecule has 0 atom stereocenters. The number of ether oxygens (including phenoxy) is 1. The minimum atomic E-state index is -1.28. The Hall–Kier alpha value is -0.650. The number of hydrogen-bond donors (Lipinski definition) is 2. The van der Waals surface area contributed by atoms with Gasteiger partial charge in [-0.05, 0) is 12.8 Å². The molecule has 3 N–H and O–H groups in total. The molecule has 2 fully saturated rings. The molecule has 2 aliphatic heterocycles. The number of nitrogens with two attached hydrogens (primary N) is 1. The van der Waals surface area contributed by atoms with Gasteiger partial charge in [-0.2, -0.15) is 0 Å². The molecule has 0 aromatic heterocycles. The van der Waals surface area contributed by atoms with Crippen LogP contribution in [0.4, 0.5) is 0 Å². The van der Waals surface area contributed by atoms with Crippen LogP contribution in [0, 0.1) is 0 Å². The number of carbonyl (C=O) groups is 1. The number of primary amides is 1. The number of nitrogens with zero attached hydrogens (tertiary/aromatic N) is 1. The zero-order valence-corrected chi connectivity index (χ0v) is 8.11. The molecule has 0 saturated carbocycles. The Labute approximate surface area is 82.8 Å². The lowest BCUT2D eigenvalue weighted by atomic mass is 9.90. The molecule has 0 radical (unpaired) electrons. The van der Waals surface area contributed by atoms with Gasteiger partial charge >= 0.3 is 0 Å². The number of aliphatic hydroxyl groups is 1. The van der Waals surface area contributed by atoms with Gasteiger partial charge in [0, 0.05) is 13.1 Å². The van der Waals surface area contributed by atoms with E-state index in [1.807, 2.05) is 0 Å². The van der Waals surface area contributed by atoms with Crippen LogP contribution in [0.5, 0.6) is 0 Å². The minimum Gasteiger partial charge on any atom is -0.380 e. The molecule has 0 aliphatic carbocycles. The van der Waals surface area contributed by atoms with Gasteiger partial charge in [-0.15, -0.1) is 0 Å². The predicted molar refractivity (Wildman–Crippen MR) is 49.6 cm³/mol. The van der Waals surface area contributed by atoms with Crippen molar-refractivity contribution >= 4 is 5.91 Å². The van der Waals surface area contributed by atoms with Crippen molar-refractivity contribution in [2.45, 2.75) is 24.5 Å². The van der Waals surface area contributed by atoms with Gasteiger partial charge in [0.05, 0.1) is 19.3 Å². The number of rotatable bonds is 2. The third-order valence-electron chi connectivity index (χ3n) is 3.22. The standard InChI is InChI=1S/C9H16N2O3/c10-8(12)9(13)1-3-11(4-2-9)7-5-14-6-7/h7,13H,1-6H2,(H2,10,12). The Morgan fingerprint density at radius 3 is 2.36 bits per heavy atom. The SMILES string of the molecule is NC(=O)C1(O)CCN(C2COC2)CC1. The van der Waals surface area contributed by atoms with Crippen LogP contribution in [0.25, 0.3) is 0 Å². The Morgan fingerprint density at radius 2 is 2.00 bits per heavy atom. The number of hydrogen-bond acceptors (Lipinski definition) is 4. The lowest BCUT2D eigenvalue weighted by Crippen LogP contribution is -2.58. The van der Waals surface area contributed by atoms with Crippen molar-refractivity contribution in [3.63, 3.8) is 0 Å². The first kappa shape index (κ1) is 9.89. The molecule has 14 heavy (non-hydrogen) atoms. The highest BCUT2D eigenvalue weighted by Gasteiger charge is 2.40. The van der Waals surface area contributed by atoms with Crippen LogP contribution < -0.4 is 5.73 Å². The molecule has 2 saturated heterocycles. The monoisotopic (exact) mass is 200 g/mol. The van der Waals surface area contributed by atoms with Gasteiger partial charge < -0.3 is 15.6 Å². The van der Waals surface area contributed by atoms with Crippen molar-refractivity contribution in [3.8, 4) is 0 Å². The maximum atomic E-state index is 11.0. The summed E-state index contributed by atoms with van der Waals surface area (Å²) in [5, 5.41) is 9.81. The zero-order valence-electron chi connectivity index (χ0n) is 8.11. The summed E-state index contributed by atoms with van der Waals surface area (Å²) in [6.07, 6.45) is 0.887. The van der Waals surface area contributed by atoms with Crippen molar-refractivity contribution in [1.82, 2.24) is 4.90 Å². The molecule has 5 nitrogen and oxygen atoms in total. The van der Waals surface area contributed by atoms with Gasteiger partial charge in [0.15, 0.2) is 0 Å². The predicted octanol–water partition coefficient (Wildman–Crippen LogP) is -1.30. The quantitative estimate of drug-likeness (QED) is 0.581. The van der Waals surface area contributed by atoms with Gasteiger partial charge in [-0.25, -0.2) is 0 Å². The van der Waals surface area contributed by atoms with E-state index < -0.39 is 11.5 Å². The average molecular weight is 200 g/mol. The summed E-state index contributed by atoms with van der Waals surface area (Å²) < 4.78 is 5.09. The Kier molecular flexibility index (Phi) is 2.47. The lowest BCUT2D eigenvalue weighted by Gasteiger charge is -2.43. The Balaban J connectivity index is 1.87. The van der Waals surface area contributed by atoms with Crippen LogP contribution in [0.1, 0.15) is 12.8 Å². The summed E-state index contributed by atoms with van der Waals surface area (Å²) in [7, 11) is 0. The number of likely N-dealkylation sites (tertiary alicyclic amines) is 1. The van der Waals surface area contributed by atoms with E-state index in [1.54, 1.807) is 0 Å². The Morgan fingerprint density at radius 1 is 1.43 bits per heavy atom. The fourth-order valence-electron chi connectivity index (χ4n) is 1.94. The van der Waals surface area contributed by atoms with Crippen LogP contribution >= 0.6 is 0 Å². The smallest absolute Gasteiger partial charge is 0.249 e. The fourth-order valence-corrected chi connectivity index (χ4v) is 1.94. The van der Waals surface area contributed by atoms with Crippen molar-refractivity contribution in [2.75, 3.05) is 26.3 Å². The highest BCUT2D eigenvalue weighted by molar-refractivity contribution is 5.83. The van der Waals surface area contributed by atoms with E-state index in [9.17, 15) is 9.90 Å². The third-order valence-corrected chi connectivity index (χ3v) is 3.22. The third kappa shape index (κ3) is 1.63. The lowest BCUT2D eigenvalue weighted by molar-refractivity contribution is -0.145. The topological polar surface area (TPSA) is 75.8 Å². The summed E-state index contributed by atoms with van der Waals surface area (Å²) in [6, 6.07) is 0.479. The first-order valence-electron chi connectivity index (χ1n) is 4.96. The summed E-state index contributed by atoms with van der Waals surface area (Å²) in [5.41, 5.74) is 3.86. The second-order valence-electron chi connectivity index (χ2n) is 4.12. The van der Waals surface area contributed by atoms with Crippen molar-refractivity contribution in [2.24, 2.45) is 5.73 Å². The van der Waals surface area contributed by atoms with E-state index in [2.05, 4.69) is 4.90 Å². The second-order valence-corrected chi connectivity index (χ2v) is 4.12. The van der Waals surface area contributed by atoms with Crippen LogP contribution in [-0.4, -0.2) is 53.9 Å². The van der Waals surface area contributed by atoms with Crippen LogP contribution in [0.3, 0.4) is 0 Å². The first-order valence-corrected chi connectivity index (χ1v) is 4.96. The van der Waals surface area contributed by atoms with E-state index in [0.29, 0.717) is 18.9 Å². The van der Waals surface area contributed by atoms with Crippen molar-refractivity contribution in [1.29, 1.82) is 0 Å². The highest BCUT2D eigenvalue weighted by atomic mass is 16.5. The molecule has 5 heteroatoms. The normalized spacial score (nSPS) is 28.4. The molecular formula is C9H16N2O3. The maximum absolute atomic E-state index is 11.0. The van der Waals surface area contributed by atoms with Gasteiger partial charge in [-0.1, -0.05) is 0 Å². The molecule has 2 rings (SSSR count). The molecule has 0 bridgehead atoms. The van der Waals surface area contributed by atoms with E-state index in [4.69, 9.17) is 10.5 Å². The summed E-state index contributed by atoms with van der Waals surface area (Å²) >= 11 is 0. The molecule has 2 aliphatic rings. The number of piperidine rings is 1. The van der Waals surface area contributed by atoms with Gasteiger partial charge in [-0.3, -0.25) is 9.69 Å². The highest BCUT2D eigenvalue weighted by Crippen LogP contribution is 2.24. The minimum absolute atomic E-state index is 0.443. The van der Waals surface area contributed by atoms with Crippen LogP contribution in [0.15, 0.2) is 0 Å². The van der Waals surface area contributed by atoms with E-state index >= 15 is 0 Å². The molecule has 0 spiro atoms. The van der Waals surface area contributed by atoms with Gasteiger partial charge in [0.25, 0.3) is 0 Å². The van der Waals surface area contributed by atoms with E-state index in [-0.39, 0.29) is 0 Å². The van der Waals surface area contributed by atoms with Crippen molar-refractivity contribution < 1.29 is 14.6 Å². The largest absolute Gasteiger partial charge is 0.380 e. The van der Waals surface area contributed by atoms with Crippen LogP contribution in [-0.2, 0) is 9.53 Å². The first-order chi connectivity index (χ1) is 6.62. The van der Waals surface area contributed by atoms with Gasteiger partial charge in [0.1, 0.15) is 5.60 Å². The molecule has 0 unspecified atom stereocenters. The number of amides is 1. The molecule has 0 aromatic rings. The summed E-state index contributed by atoms with van der Waals surface area (Å²) in [4.78, 5) is 13.2. The summed E-state index contributed by atoms with van der Waals surface area (Å²) in [6.45, 7) is 3.00. The molecule has 2 heterocycles. The molecule has 1 amide bonds. The number of carbonyl (C=O) groups excluding carboxylic acids is 1. The average Bonchev–Trinajstić information content (AvgIpc) is 2.06. The van der Waals surface area contributed by atoms with E-state index in [0.717, 1.165) is 26.3 Å². The van der Waals surface area contributed by atoms with Crippen molar-refractivity contribution in [3.05, 3.63) is 0 Å². The molecule has 0 aromatic carbocycles. The molecule has 80 valence electrons. The maximum Gasteiger partial charge on any atom is 0.249 e. The fraction of sp³-hybridized carbons (Fsp3) is 0.889. The van der Waals surface area contributed by atoms with Gasteiger partial charge in [0.2, 0.25) is 5.91 Å². The van der Waals surface area contributed by atoms with E-state index in [1.165, 1.54) is 0 Å². The zero-order chi connectivity index (χ0) is 10.2. The van der Waals surface area contributed by atoms with Crippen LogP contribution in [0.2, 0.25) is 0 Å². The Bertz CT molecular complexity index is 232.